The van der Waals surface area contributed by atoms with Gasteiger partial charge >= 0.3 is 0 Å². The van der Waals surface area contributed by atoms with E-state index in [0.29, 0.717) is 6.54 Å². The number of methoxy groups -OCH3 is 1. The van der Waals surface area contributed by atoms with Crippen LogP contribution in [0.3, 0.4) is 0 Å². The van der Waals surface area contributed by atoms with Gasteiger partial charge in [0.1, 0.15) is 5.75 Å². The summed E-state index contributed by atoms with van der Waals surface area (Å²) in [4.78, 5) is 4.64. The molecule has 2 rings (SSSR count). The Kier molecular flexibility index (Phi) is 7.89. The molecule has 134 valence electrons. The van der Waals surface area contributed by atoms with E-state index in [-0.39, 0.29) is 0 Å². The maximum absolute atomic E-state index is 5.65. The Morgan fingerprint density at radius 1 is 1.29 bits per heavy atom. The molecule has 0 spiro atoms. The van der Waals surface area contributed by atoms with E-state index in [1.807, 2.05) is 13.0 Å². The van der Waals surface area contributed by atoms with Crippen molar-refractivity contribution >= 4 is 5.96 Å². The largest absolute Gasteiger partial charge is 0.496 e. The number of aryl methyl sites for hydroxylation is 1. The number of hydrogen-bond acceptors (Lipinski definition) is 3. The van der Waals surface area contributed by atoms with Crippen molar-refractivity contribution < 1.29 is 9.47 Å². The van der Waals surface area contributed by atoms with Crippen LogP contribution in [0.4, 0.5) is 0 Å². The Hall–Kier alpha value is -1.75. The van der Waals surface area contributed by atoms with Gasteiger partial charge in [-0.15, -0.1) is 0 Å². The standard InChI is InChI=1S/C19H31N3O2/c1-4-20-19(21-10-5-11-24-14-16-8-9-16)22-13-17-7-6-15(2)18(12-17)23-3/h6-7,12,16H,4-5,8-11,13-14H2,1-3H3,(H2,20,21,22). The first-order valence-electron chi connectivity index (χ1n) is 8.96. The first-order valence-corrected chi connectivity index (χ1v) is 8.96. The molecular formula is C19H31N3O2. The van der Waals surface area contributed by atoms with Crippen LogP contribution >= 0.6 is 0 Å². The molecule has 1 aliphatic rings. The van der Waals surface area contributed by atoms with Gasteiger partial charge in [-0.1, -0.05) is 12.1 Å². The van der Waals surface area contributed by atoms with E-state index in [4.69, 9.17) is 9.47 Å². The molecule has 0 unspecified atom stereocenters. The number of rotatable bonds is 10. The molecule has 24 heavy (non-hydrogen) atoms. The summed E-state index contributed by atoms with van der Waals surface area (Å²) in [5.74, 6) is 2.59. The Bertz CT molecular complexity index is 527. The highest BCUT2D eigenvalue weighted by Gasteiger charge is 2.20. The van der Waals surface area contributed by atoms with E-state index in [1.54, 1.807) is 7.11 Å². The van der Waals surface area contributed by atoms with Crippen LogP contribution in [-0.2, 0) is 11.3 Å². The van der Waals surface area contributed by atoms with Gasteiger partial charge in [0.15, 0.2) is 5.96 Å². The van der Waals surface area contributed by atoms with E-state index in [9.17, 15) is 0 Å². The Morgan fingerprint density at radius 2 is 2.12 bits per heavy atom. The van der Waals surface area contributed by atoms with Crippen LogP contribution in [-0.4, -0.2) is 39.4 Å². The van der Waals surface area contributed by atoms with E-state index >= 15 is 0 Å². The zero-order valence-electron chi connectivity index (χ0n) is 15.2. The van der Waals surface area contributed by atoms with Crippen LogP contribution in [0.15, 0.2) is 23.2 Å². The summed E-state index contributed by atoms with van der Waals surface area (Å²) in [6.45, 7) is 8.22. The van der Waals surface area contributed by atoms with E-state index in [2.05, 4.69) is 34.7 Å². The van der Waals surface area contributed by atoms with E-state index in [0.717, 1.165) is 61.5 Å². The lowest BCUT2D eigenvalue weighted by Gasteiger charge is -2.12. The third kappa shape index (κ3) is 6.79. The number of aliphatic imine (C=N–C) groups is 1. The second-order valence-corrected chi connectivity index (χ2v) is 6.30. The van der Waals surface area contributed by atoms with Gasteiger partial charge < -0.3 is 20.1 Å². The molecule has 2 N–H and O–H groups in total. The maximum atomic E-state index is 5.65. The minimum atomic E-state index is 0.629. The van der Waals surface area contributed by atoms with Crippen molar-refractivity contribution in [1.29, 1.82) is 0 Å². The number of benzene rings is 1. The second-order valence-electron chi connectivity index (χ2n) is 6.30. The summed E-state index contributed by atoms with van der Waals surface area (Å²) in [6, 6.07) is 6.21. The highest BCUT2D eigenvalue weighted by atomic mass is 16.5. The third-order valence-electron chi connectivity index (χ3n) is 4.04. The number of hydrogen-bond donors (Lipinski definition) is 2. The fourth-order valence-corrected chi connectivity index (χ4v) is 2.39. The number of nitrogens with one attached hydrogen (secondary N) is 2. The van der Waals surface area contributed by atoms with Crippen molar-refractivity contribution in [2.75, 3.05) is 33.4 Å². The molecule has 1 aromatic carbocycles. The molecule has 0 radical (unpaired) electrons. The number of ether oxygens (including phenoxy) is 2. The van der Waals surface area contributed by atoms with Crippen LogP contribution < -0.4 is 15.4 Å². The van der Waals surface area contributed by atoms with Gasteiger partial charge in [-0.2, -0.15) is 0 Å². The van der Waals surface area contributed by atoms with Crippen LogP contribution in [0.25, 0.3) is 0 Å². The lowest BCUT2D eigenvalue weighted by molar-refractivity contribution is 0.123. The average molecular weight is 333 g/mol. The molecule has 1 fully saturated rings. The molecule has 0 aromatic heterocycles. The van der Waals surface area contributed by atoms with E-state index in [1.165, 1.54) is 12.8 Å². The molecule has 1 saturated carbocycles. The van der Waals surface area contributed by atoms with Gasteiger partial charge in [0.25, 0.3) is 0 Å². The summed E-state index contributed by atoms with van der Waals surface area (Å²) >= 11 is 0. The Labute approximate surface area is 145 Å². The lowest BCUT2D eigenvalue weighted by Crippen LogP contribution is -2.38. The van der Waals surface area contributed by atoms with Gasteiger partial charge in [0.2, 0.25) is 0 Å². The number of guanidine groups is 1. The molecular weight excluding hydrogens is 302 g/mol. The van der Waals surface area contributed by atoms with Crippen molar-refractivity contribution in [1.82, 2.24) is 10.6 Å². The van der Waals surface area contributed by atoms with Gasteiger partial charge in [0.05, 0.1) is 13.7 Å². The van der Waals surface area contributed by atoms with E-state index < -0.39 is 0 Å². The molecule has 5 heteroatoms. The van der Waals surface area contributed by atoms with Crippen molar-refractivity contribution in [2.45, 2.75) is 39.7 Å². The monoisotopic (exact) mass is 333 g/mol. The maximum Gasteiger partial charge on any atom is 0.191 e. The van der Waals surface area contributed by atoms with Crippen molar-refractivity contribution in [2.24, 2.45) is 10.9 Å². The average Bonchev–Trinajstić information content (AvgIpc) is 3.41. The highest BCUT2D eigenvalue weighted by Crippen LogP contribution is 2.28. The van der Waals surface area contributed by atoms with Gasteiger partial charge in [-0.05, 0) is 56.2 Å². The predicted molar refractivity (Wildman–Crippen MR) is 98.7 cm³/mol. The third-order valence-corrected chi connectivity index (χ3v) is 4.04. The highest BCUT2D eigenvalue weighted by molar-refractivity contribution is 5.79. The number of nitrogens with zero attached hydrogens (tertiary/aromatic N) is 1. The summed E-state index contributed by atoms with van der Waals surface area (Å²) < 4.78 is 11.0. The smallest absolute Gasteiger partial charge is 0.191 e. The minimum absolute atomic E-state index is 0.629. The van der Waals surface area contributed by atoms with Crippen LogP contribution in [0.5, 0.6) is 5.75 Å². The first kappa shape index (κ1) is 18.6. The topological polar surface area (TPSA) is 54.9 Å². The molecule has 0 amide bonds. The second kappa shape index (κ2) is 10.2. The van der Waals surface area contributed by atoms with Crippen LogP contribution in [0, 0.1) is 12.8 Å². The minimum Gasteiger partial charge on any atom is -0.496 e. The fourth-order valence-electron chi connectivity index (χ4n) is 2.39. The van der Waals surface area contributed by atoms with Gasteiger partial charge in [-0.25, -0.2) is 4.99 Å². The SMILES string of the molecule is CCNC(=NCc1ccc(C)c(OC)c1)NCCCOCC1CC1. The molecule has 5 nitrogen and oxygen atoms in total. The van der Waals surface area contributed by atoms with Crippen molar-refractivity contribution in [3.63, 3.8) is 0 Å². The van der Waals surface area contributed by atoms with Gasteiger partial charge in [-0.3, -0.25) is 0 Å². The van der Waals surface area contributed by atoms with Crippen molar-refractivity contribution in [3.05, 3.63) is 29.3 Å². The summed E-state index contributed by atoms with van der Waals surface area (Å²) in [5, 5.41) is 6.64. The molecule has 1 aliphatic carbocycles. The first-order chi connectivity index (χ1) is 11.7. The zero-order chi connectivity index (χ0) is 17.2. The molecule has 1 aromatic rings. The molecule has 0 saturated heterocycles. The summed E-state index contributed by atoms with van der Waals surface area (Å²) in [6.07, 6.45) is 3.69. The molecule has 0 aliphatic heterocycles. The van der Waals surface area contributed by atoms with Crippen molar-refractivity contribution in [3.8, 4) is 5.75 Å². The van der Waals surface area contributed by atoms with Gasteiger partial charge in [0, 0.05) is 26.3 Å². The summed E-state index contributed by atoms with van der Waals surface area (Å²) in [7, 11) is 1.70. The van der Waals surface area contributed by atoms with Crippen LogP contribution in [0.1, 0.15) is 37.3 Å². The normalized spacial score (nSPS) is 14.5. The van der Waals surface area contributed by atoms with Crippen LogP contribution in [0.2, 0.25) is 0 Å². The Morgan fingerprint density at radius 3 is 2.83 bits per heavy atom. The summed E-state index contributed by atoms with van der Waals surface area (Å²) in [5.41, 5.74) is 2.28. The lowest BCUT2D eigenvalue weighted by atomic mass is 10.1. The fraction of sp³-hybridized carbons (Fsp3) is 0.632. The molecule has 0 bridgehead atoms. The zero-order valence-corrected chi connectivity index (χ0v) is 15.2. The quantitative estimate of drug-likeness (QED) is 0.393. The molecule has 0 heterocycles. The predicted octanol–water partition coefficient (Wildman–Crippen LogP) is 2.88. The Balaban J connectivity index is 1.74. The molecule has 0 atom stereocenters.